The number of carbonyl (C=O) groups excluding carboxylic acids is 1. The number of amides is 1. The first-order valence-electron chi connectivity index (χ1n) is 5.80. The van der Waals surface area contributed by atoms with Crippen LogP contribution in [0, 0.1) is 18.3 Å². The smallest absolute Gasteiger partial charge is 0.416 e. The molecule has 1 heterocycles. The zero-order chi connectivity index (χ0) is 15.6. The average Bonchev–Trinajstić information content (AvgIpc) is 2.84. The van der Waals surface area contributed by atoms with Crippen molar-refractivity contribution in [3.63, 3.8) is 0 Å². The highest BCUT2D eigenvalue weighted by Gasteiger charge is 2.31. The van der Waals surface area contributed by atoms with Crippen LogP contribution in [0.2, 0.25) is 0 Å². The van der Waals surface area contributed by atoms with Crippen molar-refractivity contribution >= 4 is 11.6 Å². The maximum Gasteiger partial charge on any atom is 0.416 e. The summed E-state index contributed by atoms with van der Waals surface area (Å²) < 4.78 is 42.8. The number of alkyl halides is 3. The summed E-state index contributed by atoms with van der Waals surface area (Å²) in [5.74, 6) is -0.108. The standard InChI is InChI=1S/C14H9F3N2O2/c1-8-2-5-12(21-8)13(20)19-11-4-3-10(14(15,16)17)6-9(11)7-18/h2-6H,1H3,(H,19,20). The Bertz CT molecular complexity index is 727. The number of nitrogens with one attached hydrogen (secondary N) is 1. The number of hydrogen-bond donors (Lipinski definition) is 1. The Morgan fingerprint density at radius 1 is 1.29 bits per heavy atom. The van der Waals surface area contributed by atoms with E-state index in [2.05, 4.69) is 5.32 Å². The molecular weight excluding hydrogens is 285 g/mol. The zero-order valence-corrected chi connectivity index (χ0v) is 10.8. The highest BCUT2D eigenvalue weighted by molar-refractivity contribution is 6.03. The van der Waals surface area contributed by atoms with E-state index in [0.29, 0.717) is 11.8 Å². The molecule has 2 aromatic rings. The van der Waals surface area contributed by atoms with Gasteiger partial charge in [0.05, 0.1) is 16.8 Å². The molecule has 108 valence electrons. The van der Waals surface area contributed by atoms with Gasteiger partial charge in [-0.25, -0.2) is 0 Å². The van der Waals surface area contributed by atoms with Crippen LogP contribution in [0.4, 0.5) is 18.9 Å². The monoisotopic (exact) mass is 294 g/mol. The first-order chi connectivity index (χ1) is 9.81. The van der Waals surface area contributed by atoms with Gasteiger partial charge in [0.25, 0.3) is 5.91 Å². The number of nitriles is 1. The summed E-state index contributed by atoms with van der Waals surface area (Å²) in [4.78, 5) is 11.8. The number of furan rings is 1. The number of hydrogen-bond acceptors (Lipinski definition) is 3. The molecule has 7 heteroatoms. The Morgan fingerprint density at radius 3 is 2.52 bits per heavy atom. The molecule has 1 amide bonds. The van der Waals surface area contributed by atoms with Crippen LogP contribution < -0.4 is 5.32 Å². The van der Waals surface area contributed by atoms with Gasteiger partial charge in [-0.3, -0.25) is 4.79 Å². The van der Waals surface area contributed by atoms with Gasteiger partial charge in [0.15, 0.2) is 5.76 Å². The third-order valence-corrected chi connectivity index (χ3v) is 2.68. The second-order valence-electron chi connectivity index (χ2n) is 4.23. The summed E-state index contributed by atoms with van der Waals surface area (Å²) in [6, 6.07) is 7.15. The molecule has 0 saturated carbocycles. The second-order valence-corrected chi connectivity index (χ2v) is 4.23. The number of benzene rings is 1. The first-order valence-corrected chi connectivity index (χ1v) is 5.80. The number of aryl methyl sites for hydroxylation is 1. The van der Waals surface area contributed by atoms with Crippen molar-refractivity contribution in [2.24, 2.45) is 0 Å². The molecule has 0 aliphatic carbocycles. The summed E-state index contributed by atoms with van der Waals surface area (Å²) in [6.45, 7) is 1.65. The lowest BCUT2D eigenvalue weighted by Gasteiger charge is -2.10. The summed E-state index contributed by atoms with van der Waals surface area (Å²) in [5, 5.41) is 11.3. The molecule has 1 N–H and O–H groups in total. The van der Waals surface area contributed by atoms with Crippen LogP contribution in [-0.2, 0) is 6.18 Å². The molecule has 4 nitrogen and oxygen atoms in total. The van der Waals surface area contributed by atoms with Gasteiger partial charge in [0.1, 0.15) is 11.8 Å². The van der Waals surface area contributed by atoms with Crippen molar-refractivity contribution in [2.75, 3.05) is 5.32 Å². The Balaban J connectivity index is 2.29. The van der Waals surface area contributed by atoms with Crippen LogP contribution in [0.15, 0.2) is 34.7 Å². The number of nitrogens with zero attached hydrogens (tertiary/aromatic N) is 1. The largest absolute Gasteiger partial charge is 0.456 e. The van der Waals surface area contributed by atoms with Gasteiger partial charge < -0.3 is 9.73 Å². The average molecular weight is 294 g/mol. The highest BCUT2D eigenvalue weighted by Crippen LogP contribution is 2.31. The lowest BCUT2D eigenvalue weighted by atomic mass is 10.1. The van der Waals surface area contributed by atoms with Crippen LogP contribution in [-0.4, -0.2) is 5.91 Å². The van der Waals surface area contributed by atoms with Gasteiger partial charge in [-0.15, -0.1) is 0 Å². The topological polar surface area (TPSA) is 66.0 Å². The number of anilines is 1. The Morgan fingerprint density at radius 2 is 2.00 bits per heavy atom. The molecule has 2 rings (SSSR count). The Labute approximate surface area is 117 Å². The third kappa shape index (κ3) is 3.23. The van der Waals surface area contributed by atoms with Crippen LogP contribution in [0.5, 0.6) is 0 Å². The normalized spacial score (nSPS) is 11.0. The zero-order valence-electron chi connectivity index (χ0n) is 10.8. The number of rotatable bonds is 2. The summed E-state index contributed by atoms with van der Waals surface area (Å²) in [5.41, 5.74) is -1.24. The van der Waals surface area contributed by atoms with E-state index in [9.17, 15) is 18.0 Å². The van der Waals surface area contributed by atoms with E-state index in [1.54, 1.807) is 19.1 Å². The van der Waals surface area contributed by atoms with Crippen molar-refractivity contribution in [2.45, 2.75) is 13.1 Å². The first kappa shape index (κ1) is 14.7. The molecule has 0 unspecified atom stereocenters. The van der Waals surface area contributed by atoms with E-state index in [1.165, 1.54) is 6.07 Å². The van der Waals surface area contributed by atoms with Crippen LogP contribution >= 0.6 is 0 Å². The van der Waals surface area contributed by atoms with E-state index in [-0.39, 0.29) is 17.0 Å². The summed E-state index contributed by atoms with van der Waals surface area (Å²) >= 11 is 0. The maximum absolute atomic E-state index is 12.6. The molecule has 1 aromatic heterocycles. The van der Waals surface area contributed by atoms with Crippen molar-refractivity contribution < 1.29 is 22.4 Å². The van der Waals surface area contributed by atoms with Crippen molar-refractivity contribution in [1.82, 2.24) is 0 Å². The molecule has 21 heavy (non-hydrogen) atoms. The second kappa shape index (κ2) is 5.32. The van der Waals surface area contributed by atoms with Gasteiger partial charge in [-0.05, 0) is 37.3 Å². The minimum absolute atomic E-state index is 0.00967. The van der Waals surface area contributed by atoms with Gasteiger partial charge in [-0.1, -0.05) is 0 Å². The van der Waals surface area contributed by atoms with Crippen molar-refractivity contribution in [3.05, 3.63) is 53.0 Å². The lowest BCUT2D eigenvalue weighted by molar-refractivity contribution is -0.137. The van der Waals surface area contributed by atoms with E-state index < -0.39 is 17.6 Å². The molecule has 0 radical (unpaired) electrons. The molecule has 0 aliphatic heterocycles. The molecule has 0 fully saturated rings. The fourth-order valence-electron chi connectivity index (χ4n) is 1.66. The van der Waals surface area contributed by atoms with E-state index in [0.717, 1.165) is 12.1 Å². The van der Waals surface area contributed by atoms with E-state index >= 15 is 0 Å². The quantitative estimate of drug-likeness (QED) is 0.917. The fourth-order valence-corrected chi connectivity index (χ4v) is 1.66. The maximum atomic E-state index is 12.6. The molecule has 0 atom stereocenters. The van der Waals surface area contributed by atoms with Crippen LogP contribution in [0.25, 0.3) is 0 Å². The SMILES string of the molecule is Cc1ccc(C(=O)Nc2ccc(C(F)(F)F)cc2C#N)o1. The van der Waals surface area contributed by atoms with Crippen LogP contribution in [0.3, 0.4) is 0 Å². The molecule has 0 bridgehead atoms. The minimum atomic E-state index is -4.55. The lowest BCUT2D eigenvalue weighted by Crippen LogP contribution is -2.13. The summed E-state index contributed by atoms with van der Waals surface area (Å²) in [7, 11) is 0. The predicted molar refractivity (Wildman–Crippen MR) is 67.6 cm³/mol. The minimum Gasteiger partial charge on any atom is -0.456 e. The molecule has 0 spiro atoms. The molecule has 1 aromatic carbocycles. The summed E-state index contributed by atoms with van der Waals surface area (Å²) in [6.07, 6.45) is -4.55. The van der Waals surface area contributed by atoms with E-state index in [4.69, 9.17) is 9.68 Å². The Kier molecular flexibility index (Phi) is 3.72. The Hall–Kier alpha value is -2.75. The van der Waals surface area contributed by atoms with Crippen molar-refractivity contribution in [1.29, 1.82) is 5.26 Å². The molecule has 0 saturated heterocycles. The van der Waals surface area contributed by atoms with Gasteiger partial charge in [0.2, 0.25) is 0 Å². The fraction of sp³-hybridized carbons (Fsp3) is 0.143. The van der Waals surface area contributed by atoms with E-state index in [1.807, 2.05) is 0 Å². The highest BCUT2D eigenvalue weighted by atomic mass is 19.4. The van der Waals surface area contributed by atoms with Gasteiger partial charge in [0, 0.05) is 0 Å². The molecular formula is C14H9F3N2O2. The van der Waals surface area contributed by atoms with Crippen LogP contribution in [0.1, 0.15) is 27.4 Å². The van der Waals surface area contributed by atoms with Gasteiger partial charge >= 0.3 is 6.18 Å². The molecule has 0 aliphatic rings. The predicted octanol–water partition coefficient (Wildman–Crippen LogP) is 3.73. The number of halogens is 3. The van der Waals surface area contributed by atoms with Crippen molar-refractivity contribution in [3.8, 4) is 6.07 Å². The third-order valence-electron chi connectivity index (χ3n) is 2.68. The number of carbonyl (C=O) groups is 1. The van der Waals surface area contributed by atoms with Gasteiger partial charge in [-0.2, -0.15) is 18.4 Å².